The third-order valence-corrected chi connectivity index (χ3v) is 4.41. The summed E-state index contributed by atoms with van der Waals surface area (Å²) in [5, 5.41) is 11.0. The van der Waals surface area contributed by atoms with E-state index < -0.39 is 11.9 Å². The minimum Gasteiger partial charge on any atom is -0.550 e. The largest absolute Gasteiger partial charge is 0.550 e. The van der Waals surface area contributed by atoms with E-state index in [2.05, 4.69) is 0 Å². The third kappa shape index (κ3) is 0.928. The fourth-order valence-corrected chi connectivity index (χ4v) is 3.99. The molecule has 0 amide bonds. The van der Waals surface area contributed by atoms with Crippen molar-refractivity contribution >= 4 is 11.8 Å². The van der Waals surface area contributed by atoms with Crippen molar-refractivity contribution in [1.29, 1.82) is 0 Å². The Hall–Kier alpha value is -0.860. The normalized spacial score (nSPS) is 49.7. The Balaban J connectivity index is 1.97. The molecule has 0 aliphatic heterocycles. The van der Waals surface area contributed by atoms with Gasteiger partial charge in [0.25, 0.3) is 0 Å². The van der Waals surface area contributed by atoms with Gasteiger partial charge in [-0.05, 0) is 37.5 Å². The van der Waals surface area contributed by atoms with Crippen molar-refractivity contribution in [3.8, 4) is 0 Å². The third-order valence-electron chi connectivity index (χ3n) is 4.41. The number of Topliss-reactive ketones (excluding diaryl/α,β-unsaturated/α-hetero) is 1. The first-order valence-corrected chi connectivity index (χ1v) is 5.41. The Morgan fingerprint density at radius 1 is 1.21 bits per heavy atom. The average molecular weight is 193 g/mol. The summed E-state index contributed by atoms with van der Waals surface area (Å²) in [4.78, 5) is 22.8. The van der Waals surface area contributed by atoms with Crippen molar-refractivity contribution in [1.82, 2.24) is 0 Å². The molecule has 3 nitrogen and oxygen atoms in total. The Labute approximate surface area is 82.5 Å². The number of hydrogen-bond donors (Lipinski definition) is 0. The summed E-state index contributed by atoms with van der Waals surface area (Å²) in [7, 11) is 0. The standard InChI is InChI=1S/C11H14O3/c12-10-7-2-5-1-6(4-7)9(11(13)14)8(10)3-5/h5-9H,1-4H2,(H,13,14)/p-1/t5-,6-,7+,8-,9-/m1/s1. The lowest BCUT2D eigenvalue weighted by Gasteiger charge is -2.53. The fraction of sp³-hybridized carbons (Fsp3) is 0.818. The lowest BCUT2D eigenvalue weighted by Crippen LogP contribution is -2.56. The van der Waals surface area contributed by atoms with Crippen LogP contribution in [0.3, 0.4) is 0 Å². The molecular formula is C11H13O3-. The minimum absolute atomic E-state index is 0.188. The van der Waals surface area contributed by atoms with Crippen LogP contribution < -0.4 is 5.11 Å². The van der Waals surface area contributed by atoms with E-state index in [4.69, 9.17) is 0 Å². The van der Waals surface area contributed by atoms with Crippen molar-refractivity contribution in [2.24, 2.45) is 29.6 Å². The molecular weight excluding hydrogens is 180 g/mol. The number of carbonyl (C=O) groups is 2. The van der Waals surface area contributed by atoms with Crippen LogP contribution in [0, 0.1) is 29.6 Å². The highest BCUT2D eigenvalue weighted by atomic mass is 16.4. The van der Waals surface area contributed by atoms with Gasteiger partial charge in [-0.3, -0.25) is 4.79 Å². The van der Waals surface area contributed by atoms with Crippen LogP contribution in [0.25, 0.3) is 0 Å². The van der Waals surface area contributed by atoms with Gasteiger partial charge in [-0.1, -0.05) is 0 Å². The molecule has 14 heavy (non-hydrogen) atoms. The number of hydrogen-bond acceptors (Lipinski definition) is 3. The van der Waals surface area contributed by atoms with Crippen LogP contribution in [0.1, 0.15) is 25.7 Å². The Morgan fingerprint density at radius 3 is 2.71 bits per heavy atom. The van der Waals surface area contributed by atoms with Gasteiger partial charge in [0.15, 0.2) is 0 Å². The van der Waals surface area contributed by atoms with Gasteiger partial charge in [0.2, 0.25) is 0 Å². The maximum absolute atomic E-state index is 11.8. The molecule has 76 valence electrons. The molecule has 4 saturated carbocycles. The van der Waals surface area contributed by atoms with Gasteiger partial charge < -0.3 is 9.90 Å². The molecule has 0 aromatic carbocycles. The zero-order valence-electron chi connectivity index (χ0n) is 7.94. The van der Waals surface area contributed by atoms with E-state index in [-0.39, 0.29) is 23.5 Å². The van der Waals surface area contributed by atoms with Gasteiger partial charge in [0.1, 0.15) is 5.78 Å². The Bertz CT molecular complexity index is 310. The topological polar surface area (TPSA) is 57.2 Å². The number of carbonyl (C=O) groups excluding carboxylic acids is 2. The summed E-state index contributed by atoms with van der Waals surface area (Å²) in [6.07, 6.45) is 3.65. The molecule has 0 unspecified atom stereocenters. The number of aliphatic carboxylic acids is 1. The summed E-state index contributed by atoms with van der Waals surface area (Å²) in [6, 6.07) is 0. The highest BCUT2D eigenvalue weighted by Gasteiger charge is 2.53. The van der Waals surface area contributed by atoms with Crippen molar-refractivity contribution in [2.45, 2.75) is 25.7 Å². The van der Waals surface area contributed by atoms with Gasteiger partial charge in [-0.25, -0.2) is 0 Å². The highest BCUT2D eigenvalue weighted by molar-refractivity contribution is 5.90. The van der Waals surface area contributed by atoms with Crippen molar-refractivity contribution in [3.05, 3.63) is 0 Å². The lowest BCUT2D eigenvalue weighted by molar-refractivity contribution is -0.318. The van der Waals surface area contributed by atoms with Crippen molar-refractivity contribution in [3.63, 3.8) is 0 Å². The van der Waals surface area contributed by atoms with Crippen LogP contribution in [-0.2, 0) is 9.59 Å². The smallest absolute Gasteiger partial charge is 0.139 e. The molecule has 0 aromatic rings. The Morgan fingerprint density at radius 2 is 2.00 bits per heavy atom. The summed E-state index contributed by atoms with van der Waals surface area (Å²) in [5.41, 5.74) is 0. The van der Waals surface area contributed by atoms with E-state index in [9.17, 15) is 14.7 Å². The first-order valence-electron chi connectivity index (χ1n) is 5.41. The molecule has 4 aliphatic rings. The van der Waals surface area contributed by atoms with Crippen LogP contribution >= 0.6 is 0 Å². The maximum Gasteiger partial charge on any atom is 0.139 e. The van der Waals surface area contributed by atoms with E-state index in [1.54, 1.807) is 0 Å². The quantitative estimate of drug-likeness (QED) is 0.588. The van der Waals surface area contributed by atoms with E-state index >= 15 is 0 Å². The van der Waals surface area contributed by atoms with E-state index in [0.29, 0.717) is 5.92 Å². The predicted octanol–water partition coefficient (Wildman–Crippen LogP) is -0.0124. The molecule has 0 spiro atoms. The summed E-state index contributed by atoms with van der Waals surface area (Å²) >= 11 is 0. The molecule has 0 N–H and O–H groups in total. The van der Waals surface area contributed by atoms with Gasteiger partial charge >= 0.3 is 0 Å². The zero-order chi connectivity index (χ0) is 9.87. The molecule has 4 rings (SSSR count). The molecule has 4 bridgehead atoms. The van der Waals surface area contributed by atoms with Crippen LogP contribution in [-0.4, -0.2) is 11.8 Å². The fourth-order valence-electron chi connectivity index (χ4n) is 3.99. The van der Waals surface area contributed by atoms with Crippen LogP contribution in [0.2, 0.25) is 0 Å². The molecule has 3 heteroatoms. The first kappa shape index (κ1) is 8.45. The van der Waals surface area contributed by atoms with Crippen LogP contribution in [0.4, 0.5) is 0 Å². The van der Waals surface area contributed by atoms with Crippen molar-refractivity contribution in [2.75, 3.05) is 0 Å². The van der Waals surface area contributed by atoms with Gasteiger partial charge in [0.05, 0.1) is 0 Å². The number of carboxylic acid groups (broad SMARTS) is 1. The summed E-state index contributed by atoms with van der Waals surface area (Å²) < 4.78 is 0. The maximum atomic E-state index is 11.8. The molecule has 0 heterocycles. The Kier molecular flexibility index (Phi) is 1.56. The van der Waals surface area contributed by atoms with Gasteiger partial charge in [0, 0.05) is 23.7 Å². The monoisotopic (exact) mass is 193 g/mol. The molecule has 5 atom stereocenters. The lowest BCUT2D eigenvalue weighted by atomic mass is 9.51. The molecule has 0 aromatic heterocycles. The second kappa shape index (κ2) is 2.59. The van der Waals surface area contributed by atoms with Gasteiger partial charge in [-0.15, -0.1) is 0 Å². The summed E-state index contributed by atoms with van der Waals surface area (Å²) in [6.45, 7) is 0. The number of rotatable bonds is 1. The average Bonchev–Trinajstić information content (AvgIpc) is 2.12. The SMILES string of the molecule is O=C([O-])[C@@H]1[C@@H]2C[C@@H]3C[C@@H](C2)C(=O)[C@@H]1C3. The number of carboxylic acids is 1. The van der Waals surface area contributed by atoms with E-state index in [1.807, 2.05) is 0 Å². The van der Waals surface area contributed by atoms with Gasteiger partial charge in [-0.2, -0.15) is 0 Å². The second-order valence-corrected chi connectivity index (χ2v) is 5.12. The van der Waals surface area contributed by atoms with Crippen molar-refractivity contribution < 1.29 is 14.7 Å². The number of ketones is 1. The van der Waals surface area contributed by atoms with Crippen LogP contribution in [0.5, 0.6) is 0 Å². The molecule has 0 radical (unpaired) electrons. The van der Waals surface area contributed by atoms with E-state index in [1.165, 1.54) is 0 Å². The molecule has 0 saturated heterocycles. The molecule has 4 aliphatic carbocycles. The minimum atomic E-state index is -0.993. The van der Waals surface area contributed by atoms with E-state index in [0.717, 1.165) is 25.7 Å². The molecule has 4 fully saturated rings. The highest BCUT2D eigenvalue weighted by Crippen LogP contribution is 2.54. The first-order chi connectivity index (χ1) is 6.66. The second-order valence-electron chi connectivity index (χ2n) is 5.12. The van der Waals surface area contributed by atoms with Crippen LogP contribution in [0.15, 0.2) is 0 Å². The predicted molar refractivity (Wildman–Crippen MR) is 45.9 cm³/mol. The summed E-state index contributed by atoms with van der Waals surface area (Å²) in [5.74, 6) is -0.393. The zero-order valence-corrected chi connectivity index (χ0v) is 7.94.